The first-order valence-corrected chi connectivity index (χ1v) is 14.4. The molecule has 1 atom stereocenters. The van der Waals surface area contributed by atoms with Crippen LogP contribution in [0.15, 0.2) is 28.3 Å². The quantitative estimate of drug-likeness (QED) is 0.145. The molecule has 0 fully saturated rings. The first kappa shape index (κ1) is 37.3. The van der Waals surface area contributed by atoms with Crippen molar-refractivity contribution in [1.82, 2.24) is 15.0 Å². The second kappa shape index (κ2) is 17.2. The summed E-state index contributed by atoms with van der Waals surface area (Å²) >= 11 is 6.50. The number of carboxylic acid groups (broad SMARTS) is 1. The number of benzene rings is 1. The standard InChI is InChI=1S/C12H12ClN5O7S3.C2H6.CH5P.CH4.Cu/c1-27(21,22)18-6-2-3-8(28(23,24)25)7(4-6)14-11-15-10(13)16-12(17-11)26-5-9(19)20;2*1-2;;/h2-4,18H,5H2,1H3,(H,19,20)(H,23,24,25)(H,14,15,16,17);1-2H3;2H2,1H3;1H4;. The van der Waals surface area contributed by atoms with Gasteiger partial charge >= 0.3 is 5.97 Å². The summed E-state index contributed by atoms with van der Waals surface area (Å²) in [7, 11) is -5.92. The van der Waals surface area contributed by atoms with E-state index in [4.69, 9.17) is 16.7 Å². The number of hydrogen-bond donors (Lipinski definition) is 4. The summed E-state index contributed by atoms with van der Waals surface area (Å²) < 4.78 is 57.4. The van der Waals surface area contributed by atoms with Crippen molar-refractivity contribution in [2.45, 2.75) is 31.3 Å². The zero-order valence-corrected chi connectivity index (χ0v) is 23.0. The van der Waals surface area contributed by atoms with Crippen LogP contribution in [0.2, 0.25) is 5.28 Å². The van der Waals surface area contributed by atoms with Gasteiger partial charge in [-0.25, -0.2) is 8.42 Å². The van der Waals surface area contributed by atoms with Crippen LogP contribution < -0.4 is 10.0 Å². The predicted molar refractivity (Wildman–Crippen MR) is 135 cm³/mol. The third-order valence-electron chi connectivity index (χ3n) is 2.72. The largest absolute Gasteiger partial charge is 0.481 e. The number of nitrogens with one attached hydrogen (secondary N) is 2. The third-order valence-corrected chi connectivity index (χ3v) is 5.24. The summed E-state index contributed by atoms with van der Waals surface area (Å²) in [4.78, 5) is 21.4. The SMILES string of the molecule is C.CC.CP.CS(=O)(=O)Nc1ccc(S(=O)(=O)O)c(Nc2nc(Cl)nc(SCC(=O)O)n2)c1.[Cu]. The number of carbonyl (C=O) groups is 1. The molecule has 0 aliphatic heterocycles. The van der Waals surface area contributed by atoms with E-state index in [1.807, 2.05) is 20.5 Å². The third kappa shape index (κ3) is 14.2. The summed E-state index contributed by atoms with van der Waals surface area (Å²) in [6, 6.07) is 3.18. The number of halogens is 1. The minimum absolute atomic E-state index is 0. The minimum Gasteiger partial charge on any atom is -0.481 e. The average molecular weight is 628 g/mol. The van der Waals surface area contributed by atoms with Gasteiger partial charge in [0.2, 0.25) is 21.3 Å². The first-order valence-electron chi connectivity index (χ1n) is 8.54. The molecule has 0 bridgehead atoms. The summed E-state index contributed by atoms with van der Waals surface area (Å²) in [5.41, 5.74) is -0.259. The second-order valence-corrected chi connectivity index (χ2v) is 9.50. The van der Waals surface area contributed by atoms with Gasteiger partial charge in [-0.05, 0) is 29.8 Å². The maximum atomic E-state index is 11.6. The van der Waals surface area contributed by atoms with Gasteiger partial charge in [0.25, 0.3) is 10.1 Å². The predicted octanol–water partition coefficient (Wildman–Crippen LogP) is 3.21. The molecular formula is C16H27ClCuN5O7PS3. The molecule has 0 saturated heterocycles. The van der Waals surface area contributed by atoms with Gasteiger partial charge in [-0.15, -0.1) is 9.24 Å². The number of rotatable bonds is 8. The van der Waals surface area contributed by atoms with E-state index in [-0.39, 0.29) is 58.0 Å². The molecule has 1 aromatic heterocycles. The molecule has 34 heavy (non-hydrogen) atoms. The van der Waals surface area contributed by atoms with Gasteiger partial charge in [-0.3, -0.25) is 14.1 Å². The molecule has 1 unspecified atom stereocenters. The van der Waals surface area contributed by atoms with Gasteiger partial charge in [0, 0.05) is 17.1 Å². The smallest absolute Gasteiger partial charge is 0.313 e. The summed E-state index contributed by atoms with van der Waals surface area (Å²) in [5, 5.41) is 10.8. The fourth-order valence-corrected chi connectivity index (χ4v) is 3.78. The fourth-order valence-electron chi connectivity index (χ4n) is 1.83. The topological polar surface area (TPSA) is 189 Å². The van der Waals surface area contributed by atoms with Crippen LogP contribution in [0, 0.1) is 0 Å². The number of aromatic nitrogens is 3. The normalized spacial score (nSPS) is 10.1. The van der Waals surface area contributed by atoms with E-state index in [1.165, 1.54) is 0 Å². The van der Waals surface area contributed by atoms with Crippen molar-refractivity contribution in [2.24, 2.45) is 0 Å². The monoisotopic (exact) mass is 626 g/mol. The summed E-state index contributed by atoms with van der Waals surface area (Å²) in [6.07, 6.45) is 0.897. The number of carboxylic acids is 1. The van der Waals surface area contributed by atoms with Crippen LogP contribution in [0.3, 0.4) is 0 Å². The molecular weight excluding hydrogens is 600 g/mol. The summed E-state index contributed by atoms with van der Waals surface area (Å²) in [5.74, 6) is -1.73. The van der Waals surface area contributed by atoms with Crippen molar-refractivity contribution in [1.29, 1.82) is 0 Å². The average Bonchev–Trinajstić information content (AvgIpc) is 2.67. The molecule has 0 spiro atoms. The van der Waals surface area contributed by atoms with E-state index in [0.29, 0.717) is 0 Å². The Labute approximate surface area is 222 Å². The Morgan fingerprint density at radius 2 is 1.71 bits per heavy atom. The molecule has 0 aliphatic rings. The van der Waals surface area contributed by atoms with Crippen molar-refractivity contribution >= 4 is 76.0 Å². The second-order valence-electron chi connectivity index (χ2n) is 5.08. The number of nitrogens with zero attached hydrogens (tertiary/aromatic N) is 3. The van der Waals surface area contributed by atoms with E-state index < -0.39 is 31.0 Å². The maximum absolute atomic E-state index is 11.6. The van der Waals surface area contributed by atoms with E-state index in [2.05, 4.69) is 34.2 Å². The number of hydrogen-bond acceptors (Lipinski definition) is 10. The molecule has 0 amide bonds. The van der Waals surface area contributed by atoms with Crippen molar-refractivity contribution in [2.75, 3.05) is 28.7 Å². The zero-order valence-electron chi connectivity index (χ0n) is 17.7. The molecule has 2 rings (SSSR count). The first-order chi connectivity index (χ1) is 14.8. The zero-order chi connectivity index (χ0) is 25.1. The Hall–Kier alpha value is -1.25. The van der Waals surface area contributed by atoms with Gasteiger partial charge in [0.1, 0.15) is 4.90 Å². The van der Waals surface area contributed by atoms with Crippen LogP contribution in [-0.4, -0.2) is 66.1 Å². The Morgan fingerprint density at radius 3 is 2.18 bits per heavy atom. The van der Waals surface area contributed by atoms with Crippen molar-refractivity contribution in [3.05, 3.63) is 23.5 Å². The van der Waals surface area contributed by atoms with Gasteiger partial charge in [0.15, 0.2) is 5.16 Å². The van der Waals surface area contributed by atoms with Crippen molar-refractivity contribution < 1.29 is 48.4 Å². The number of aliphatic carboxylic acids is 1. The molecule has 18 heteroatoms. The molecule has 2 aromatic rings. The van der Waals surface area contributed by atoms with Crippen LogP contribution >= 0.6 is 32.6 Å². The fraction of sp³-hybridized carbons (Fsp3) is 0.375. The van der Waals surface area contributed by atoms with Crippen LogP contribution in [0.25, 0.3) is 0 Å². The molecule has 0 saturated carbocycles. The molecule has 12 nitrogen and oxygen atoms in total. The van der Waals surface area contributed by atoms with Crippen LogP contribution in [0.4, 0.5) is 17.3 Å². The minimum atomic E-state index is -4.68. The Balaban J connectivity index is -0.00000152. The Morgan fingerprint density at radius 1 is 1.15 bits per heavy atom. The van der Waals surface area contributed by atoms with E-state index in [0.717, 1.165) is 36.2 Å². The van der Waals surface area contributed by atoms with E-state index in [9.17, 15) is 26.2 Å². The van der Waals surface area contributed by atoms with E-state index in [1.54, 1.807) is 0 Å². The van der Waals surface area contributed by atoms with Crippen LogP contribution in [-0.2, 0) is 42.0 Å². The number of anilines is 3. The van der Waals surface area contributed by atoms with Crippen LogP contribution in [0.1, 0.15) is 21.3 Å². The van der Waals surface area contributed by atoms with Gasteiger partial charge in [-0.2, -0.15) is 23.4 Å². The van der Waals surface area contributed by atoms with Crippen molar-refractivity contribution in [3.8, 4) is 0 Å². The number of thioether (sulfide) groups is 1. The van der Waals surface area contributed by atoms with Gasteiger partial charge < -0.3 is 10.4 Å². The molecule has 1 aromatic carbocycles. The molecule has 1 heterocycles. The maximum Gasteiger partial charge on any atom is 0.313 e. The summed E-state index contributed by atoms with van der Waals surface area (Å²) in [6.45, 7) is 5.92. The van der Waals surface area contributed by atoms with Gasteiger partial charge in [0.05, 0.1) is 23.4 Å². The Kier molecular flexibility index (Phi) is 18.9. The molecule has 4 N–H and O–H groups in total. The molecule has 0 aliphatic carbocycles. The van der Waals surface area contributed by atoms with E-state index >= 15 is 0 Å². The van der Waals surface area contributed by atoms with Crippen molar-refractivity contribution in [3.63, 3.8) is 0 Å². The molecule has 1 radical (unpaired) electrons. The molecule has 199 valence electrons. The Bertz CT molecular complexity index is 1140. The van der Waals surface area contributed by atoms with Gasteiger partial charge in [-0.1, -0.05) is 39.7 Å². The van der Waals surface area contributed by atoms with Crippen LogP contribution in [0.5, 0.6) is 0 Å². The number of sulfonamides is 1.